The molecule has 0 bridgehead atoms. The molecule has 0 unspecified atom stereocenters. The monoisotopic (exact) mass is 1220 g/mol. The molecule has 4 heterocycles. The van der Waals surface area contributed by atoms with E-state index in [1.165, 1.54) is 160 Å². The fraction of sp³-hybridized carbons (Fsp3) is 0.236. The molecule has 1 aliphatic rings. The number of nitrogens with zero attached hydrogens (tertiary/aromatic N) is 4. The topological polar surface area (TPSA) is 15.5 Å². The van der Waals surface area contributed by atoms with Gasteiger partial charge in [0.15, 0.2) is 24.8 Å². The van der Waals surface area contributed by atoms with Crippen molar-refractivity contribution in [1.29, 1.82) is 0 Å². The first-order chi connectivity index (χ1) is 45.0. The third-order valence-electron chi connectivity index (χ3n) is 18.5. The van der Waals surface area contributed by atoms with E-state index in [4.69, 9.17) is 0 Å². The highest BCUT2D eigenvalue weighted by molar-refractivity contribution is 5.74. The predicted molar refractivity (Wildman–Crippen MR) is 391 cm³/mol. The van der Waals surface area contributed by atoms with Crippen LogP contribution in [0.2, 0.25) is 0 Å². The van der Waals surface area contributed by atoms with Crippen molar-refractivity contribution in [1.82, 2.24) is 0 Å². The Morgan fingerprint density at radius 1 is 0.323 bits per heavy atom. The summed E-state index contributed by atoms with van der Waals surface area (Å²) in [6.07, 6.45) is 15.2. The molecule has 0 N–H and O–H groups in total. The maximum atomic E-state index is 2.34. The zero-order valence-corrected chi connectivity index (χ0v) is 57.5. The predicted octanol–water partition coefficient (Wildman–Crippen LogP) is 20.9. The van der Waals surface area contributed by atoms with E-state index in [2.05, 4.69) is 376 Å². The van der Waals surface area contributed by atoms with Gasteiger partial charge in [-0.25, -0.2) is 18.3 Å². The zero-order valence-electron chi connectivity index (χ0n) is 57.5. The second-order valence-corrected chi connectivity index (χ2v) is 26.5. The van der Waals surface area contributed by atoms with E-state index >= 15 is 0 Å². The largest absolute Gasteiger partial charge is 0.213 e. The molecule has 4 heteroatoms. The summed E-state index contributed by atoms with van der Waals surface area (Å²) >= 11 is 0. The molecule has 1 fully saturated rings. The van der Waals surface area contributed by atoms with Crippen LogP contribution in [0.25, 0.3) is 89.5 Å². The molecule has 0 saturated heterocycles. The van der Waals surface area contributed by atoms with E-state index in [9.17, 15) is 0 Å². The molecule has 0 amide bonds. The Morgan fingerprint density at radius 2 is 0.645 bits per heavy atom. The molecule has 0 atom stereocenters. The van der Waals surface area contributed by atoms with Crippen LogP contribution in [0.15, 0.2) is 267 Å². The Kier molecular flexibility index (Phi) is 22.2. The third-order valence-corrected chi connectivity index (χ3v) is 18.5. The number of aryl methyl sites for hydroxylation is 9. The van der Waals surface area contributed by atoms with Crippen molar-refractivity contribution >= 4 is 0 Å². The summed E-state index contributed by atoms with van der Waals surface area (Å²) in [7, 11) is 8.43. The lowest BCUT2D eigenvalue weighted by Gasteiger charge is -2.11. The summed E-state index contributed by atoms with van der Waals surface area (Å²) in [5, 5.41) is 0. The lowest BCUT2D eigenvalue weighted by Crippen LogP contribution is -2.30. The molecule has 0 radical (unpaired) electrons. The van der Waals surface area contributed by atoms with E-state index in [1.54, 1.807) is 0 Å². The van der Waals surface area contributed by atoms with Crippen LogP contribution in [0.3, 0.4) is 0 Å². The van der Waals surface area contributed by atoms with E-state index in [0.29, 0.717) is 11.8 Å². The molecule has 13 rings (SSSR count). The van der Waals surface area contributed by atoms with Crippen molar-refractivity contribution in [2.75, 3.05) is 0 Å². The van der Waals surface area contributed by atoms with E-state index in [1.807, 2.05) is 0 Å². The average molecular weight is 1220 g/mol. The Morgan fingerprint density at radius 3 is 0.978 bits per heavy atom. The Balaban J connectivity index is 0.000000136. The maximum Gasteiger partial charge on any atom is 0.213 e. The minimum absolute atomic E-state index is 0.570. The van der Waals surface area contributed by atoms with Gasteiger partial charge in [-0.2, -0.15) is 0 Å². The summed E-state index contributed by atoms with van der Waals surface area (Å²) in [4.78, 5) is 0. The van der Waals surface area contributed by atoms with Crippen LogP contribution >= 0.6 is 0 Å². The van der Waals surface area contributed by atoms with Crippen molar-refractivity contribution in [2.24, 2.45) is 34.1 Å². The van der Waals surface area contributed by atoms with Gasteiger partial charge in [-0.3, -0.25) is 0 Å². The SMILES string of the molecule is Cc1cccc(-c2cc[n+](C)c(-c3ccccc3C)c2)c1.Cc1ccccc1-c1cc(-c2ccc(C(C)C)cc2)cc[n+]1C.Cc1ccccc1-c1cc(-c2ccc(C3CCCC3)cc2)cc[n+]1C.Cc1ccccc1-c1cc(-c2ccc(CC(C)C)cc2)cc[n+]1C. The van der Waals surface area contributed by atoms with Crippen LogP contribution in [-0.4, -0.2) is 0 Å². The summed E-state index contributed by atoms with van der Waals surface area (Å²) < 4.78 is 8.77. The minimum atomic E-state index is 0.570. The van der Waals surface area contributed by atoms with Gasteiger partial charge in [0.2, 0.25) is 22.8 Å². The number of pyridine rings is 4. The van der Waals surface area contributed by atoms with Crippen LogP contribution in [0.5, 0.6) is 0 Å². The number of benzene rings is 8. The average Bonchev–Trinajstić information content (AvgIpc) is 1.08. The first-order valence-electron chi connectivity index (χ1n) is 33.6. The lowest BCUT2D eigenvalue weighted by atomic mass is 9.94. The Bertz CT molecular complexity index is 4450. The molecule has 0 spiro atoms. The third kappa shape index (κ3) is 16.9. The zero-order chi connectivity index (χ0) is 65.5. The molecular formula is C89H96N4+4. The number of hydrogen-bond acceptors (Lipinski definition) is 0. The van der Waals surface area contributed by atoms with Crippen molar-refractivity contribution in [2.45, 2.75) is 106 Å². The van der Waals surface area contributed by atoms with Crippen molar-refractivity contribution in [3.8, 4) is 89.5 Å². The standard InChI is InChI=1S/C24H26N.C23H26N.C22H24N.C20H20N/c1-18-7-3-6-10-23(18)24-17-22(15-16-25(24)2)21-13-11-20(12-14-21)19-8-4-5-9-19;1-17(2)15-19-9-11-20(12-10-19)21-13-14-24(4)23(16-21)22-8-6-5-7-18(22)3;1-16(2)18-9-11-19(12-10-18)20-13-14-23(4)22(15-20)21-8-6-5-7-17(21)3;1-15-7-6-9-17(13-15)18-11-12-21(3)20(14-18)19-10-5-4-8-16(19)2/h3,6-7,10-17,19H,4-5,8-9H2,1-2H3;5-14,16-17H,15H2,1-4H3;5-16H,1-4H3;4-14H,1-3H3/q4*+1. The van der Waals surface area contributed by atoms with Crippen LogP contribution in [0.4, 0.5) is 0 Å². The van der Waals surface area contributed by atoms with Gasteiger partial charge in [0.1, 0.15) is 28.2 Å². The highest BCUT2D eigenvalue weighted by Gasteiger charge is 2.20. The molecule has 4 nitrogen and oxygen atoms in total. The second-order valence-electron chi connectivity index (χ2n) is 26.5. The molecular weight excluding hydrogens is 1130 g/mol. The molecule has 12 aromatic rings. The van der Waals surface area contributed by atoms with E-state index in [0.717, 1.165) is 12.3 Å². The van der Waals surface area contributed by atoms with Crippen molar-refractivity contribution in [3.63, 3.8) is 0 Å². The van der Waals surface area contributed by atoms with Gasteiger partial charge < -0.3 is 0 Å². The van der Waals surface area contributed by atoms with Crippen LogP contribution in [-0.2, 0) is 34.6 Å². The van der Waals surface area contributed by atoms with Crippen molar-refractivity contribution < 1.29 is 18.3 Å². The quantitative estimate of drug-likeness (QED) is 0.108. The van der Waals surface area contributed by atoms with Gasteiger partial charge in [-0.15, -0.1) is 0 Å². The molecule has 1 aliphatic carbocycles. The van der Waals surface area contributed by atoms with Gasteiger partial charge >= 0.3 is 0 Å². The van der Waals surface area contributed by atoms with Crippen molar-refractivity contribution in [3.05, 3.63) is 312 Å². The maximum absolute atomic E-state index is 2.34. The summed E-state index contributed by atoms with van der Waals surface area (Å²) in [6, 6.07) is 88.0. The highest BCUT2D eigenvalue weighted by atomic mass is 14.9. The summed E-state index contributed by atoms with van der Waals surface area (Å²) in [6.45, 7) is 19.8. The minimum Gasteiger partial charge on any atom is -0.201 e. The van der Waals surface area contributed by atoms with E-state index in [-0.39, 0.29) is 0 Å². The summed E-state index contributed by atoms with van der Waals surface area (Å²) in [5.74, 6) is 2.05. The first-order valence-corrected chi connectivity index (χ1v) is 33.6. The number of rotatable bonds is 12. The fourth-order valence-electron chi connectivity index (χ4n) is 12.9. The van der Waals surface area contributed by atoms with Gasteiger partial charge in [0.25, 0.3) is 0 Å². The molecule has 93 heavy (non-hydrogen) atoms. The molecule has 4 aromatic heterocycles. The molecule has 8 aromatic carbocycles. The second kappa shape index (κ2) is 31.1. The number of hydrogen-bond donors (Lipinski definition) is 0. The van der Waals surface area contributed by atoms with Gasteiger partial charge in [-0.1, -0.05) is 216 Å². The molecule has 468 valence electrons. The van der Waals surface area contributed by atoms with Gasteiger partial charge in [0.05, 0.1) is 0 Å². The summed E-state index contributed by atoms with van der Waals surface area (Å²) in [5.41, 5.74) is 31.2. The van der Waals surface area contributed by atoms with Crippen LogP contribution in [0.1, 0.15) is 110 Å². The van der Waals surface area contributed by atoms with Gasteiger partial charge in [-0.05, 0) is 179 Å². The Hall–Kier alpha value is -9.64. The molecule has 0 aliphatic heterocycles. The van der Waals surface area contributed by atoms with Crippen LogP contribution < -0.4 is 18.3 Å². The first kappa shape index (κ1) is 66.3. The number of aromatic nitrogens is 4. The fourth-order valence-corrected chi connectivity index (χ4v) is 12.9. The van der Waals surface area contributed by atoms with E-state index < -0.39 is 0 Å². The normalized spacial score (nSPS) is 11.9. The Labute approximate surface area is 556 Å². The highest BCUT2D eigenvalue weighted by Crippen LogP contribution is 2.36. The van der Waals surface area contributed by atoms with Gasteiger partial charge in [0, 0.05) is 70.8 Å². The molecule has 1 saturated carbocycles. The smallest absolute Gasteiger partial charge is 0.201 e. The lowest BCUT2D eigenvalue weighted by molar-refractivity contribution is -0.660. The van der Waals surface area contributed by atoms with Crippen LogP contribution in [0, 0.1) is 40.5 Å².